The summed E-state index contributed by atoms with van der Waals surface area (Å²) in [6.07, 6.45) is 0.172. The van der Waals surface area contributed by atoms with Crippen LogP contribution in [-0.2, 0) is 11.3 Å². The van der Waals surface area contributed by atoms with E-state index in [1.54, 1.807) is 0 Å². The number of rotatable bonds is 6. The van der Waals surface area contributed by atoms with Crippen LogP contribution in [0.25, 0.3) is 0 Å². The van der Waals surface area contributed by atoms with Crippen LogP contribution in [0.3, 0.4) is 0 Å². The van der Waals surface area contributed by atoms with Crippen LogP contribution in [0.4, 0.5) is 0 Å². The fourth-order valence-electron chi connectivity index (χ4n) is 2.00. The van der Waals surface area contributed by atoms with Gasteiger partial charge in [-0.05, 0) is 31.0 Å². The number of nitrogens with one attached hydrogen (secondary N) is 1. The van der Waals surface area contributed by atoms with Gasteiger partial charge in [-0.15, -0.1) is 0 Å². The van der Waals surface area contributed by atoms with Gasteiger partial charge in [-0.25, -0.2) is 0 Å². The van der Waals surface area contributed by atoms with Gasteiger partial charge in [0.1, 0.15) is 5.75 Å². The van der Waals surface area contributed by atoms with E-state index in [4.69, 9.17) is 4.74 Å². The SMILES string of the molecule is CC[C@@H](Oc1ccc(C)cc1)C(=O)NCc1ccccc1. The van der Waals surface area contributed by atoms with E-state index in [9.17, 15) is 4.79 Å². The first-order valence-electron chi connectivity index (χ1n) is 7.24. The first-order chi connectivity index (χ1) is 10.2. The van der Waals surface area contributed by atoms with Gasteiger partial charge in [-0.3, -0.25) is 4.79 Å². The summed E-state index contributed by atoms with van der Waals surface area (Å²) in [6, 6.07) is 17.6. The Morgan fingerprint density at radius 2 is 1.76 bits per heavy atom. The monoisotopic (exact) mass is 283 g/mol. The summed E-state index contributed by atoms with van der Waals surface area (Å²) in [5, 5.41) is 2.92. The molecule has 0 saturated carbocycles. The molecular weight excluding hydrogens is 262 g/mol. The molecule has 3 nitrogen and oxygen atoms in total. The Morgan fingerprint density at radius 3 is 2.38 bits per heavy atom. The number of hydrogen-bond acceptors (Lipinski definition) is 2. The van der Waals surface area contributed by atoms with Crippen LogP contribution < -0.4 is 10.1 Å². The van der Waals surface area contributed by atoms with Crippen molar-refractivity contribution in [3.8, 4) is 5.75 Å². The van der Waals surface area contributed by atoms with Gasteiger partial charge in [0, 0.05) is 6.54 Å². The number of amides is 1. The molecule has 2 rings (SSSR count). The lowest BCUT2D eigenvalue weighted by atomic mass is 10.2. The number of aryl methyl sites for hydroxylation is 1. The van der Waals surface area contributed by atoms with Gasteiger partial charge in [0.2, 0.25) is 0 Å². The summed E-state index contributed by atoms with van der Waals surface area (Å²) in [5.41, 5.74) is 2.25. The van der Waals surface area contributed by atoms with Gasteiger partial charge in [-0.1, -0.05) is 55.0 Å². The Kier molecular flexibility index (Phi) is 5.38. The van der Waals surface area contributed by atoms with E-state index in [1.807, 2.05) is 68.4 Å². The minimum absolute atomic E-state index is 0.0815. The standard InChI is InChI=1S/C18H21NO2/c1-3-17(21-16-11-9-14(2)10-12-16)18(20)19-13-15-7-5-4-6-8-15/h4-12,17H,3,13H2,1-2H3,(H,19,20)/t17-/m1/s1. The molecule has 0 heterocycles. The molecule has 0 bridgehead atoms. The molecule has 21 heavy (non-hydrogen) atoms. The average Bonchev–Trinajstić information content (AvgIpc) is 2.53. The summed E-state index contributed by atoms with van der Waals surface area (Å²) in [4.78, 5) is 12.2. The molecule has 0 aliphatic rings. The quantitative estimate of drug-likeness (QED) is 0.881. The molecule has 0 fully saturated rings. The lowest BCUT2D eigenvalue weighted by Gasteiger charge is -2.17. The van der Waals surface area contributed by atoms with E-state index in [2.05, 4.69) is 5.32 Å². The van der Waals surface area contributed by atoms with E-state index >= 15 is 0 Å². The second-order valence-electron chi connectivity index (χ2n) is 5.03. The molecule has 0 radical (unpaired) electrons. The largest absolute Gasteiger partial charge is 0.481 e. The molecule has 1 N–H and O–H groups in total. The first-order valence-corrected chi connectivity index (χ1v) is 7.24. The molecular formula is C18H21NO2. The number of benzene rings is 2. The highest BCUT2D eigenvalue weighted by molar-refractivity contribution is 5.81. The van der Waals surface area contributed by atoms with Crippen molar-refractivity contribution in [3.63, 3.8) is 0 Å². The highest BCUT2D eigenvalue weighted by Crippen LogP contribution is 2.14. The Morgan fingerprint density at radius 1 is 1.10 bits per heavy atom. The molecule has 0 aliphatic carbocycles. The molecule has 3 heteroatoms. The molecule has 2 aromatic rings. The van der Waals surface area contributed by atoms with Gasteiger partial charge >= 0.3 is 0 Å². The molecule has 1 atom stereocenters. The predicted octanol–water partition coefficient (Wildman–Crippen LogP) is 3.47. The molecule has 0 spiro atoms. The zero-order chi connectivity index (χ0) is 15.1. The lowest BCUT2D eigenvalue weighted by Crippen LogP contribution is -2.37. The third-order valence-corrected chi connectivity index (χ3v) is 3.27. The van der Waals surface area contributed by atoms with Crippen molar-refractivity contribution in [1.29, 1.82) is 0 Å². The normalized spacial score (nSPS) is 11.7. The van der Waals surface area contributed by atoms with Crippen LogP contribution in [0.15, 0.2) is 54.6 Å². The number of ether oxygens (including phenoxy) is 1. The maximum absolute atomic E-state index is 12.2. The second kappa shape index (κ2) is 7.48. The molecule has 1 amide bonds. The number of hydrogen-bond donors (Lipinski definition) is 1. The Balaban J connectivity index is 1.90. The van der Waals surface area contributed by atoms with Gasteiger partial charge < -0.3 is 10.1 Å². The molecule has 0 unspecified atom stereocenters. The topological polar surface area (TPSA) is 38.3 Å². The van der Waals surface area contributed by atoms with Crippen molar-refractivity contribution in [3.05, 3.63) is 65.7 Å². The summed E-state index contributed by atoms with van der Waals surface area (Å²) in [5.74, 6) is 0.643. The van der Waals surface area contributed by atoms with Crippen molar-refractivity contribution in [2.75, 3.05) is 0 Å². The van der Waals surface area contributed by atoms with Crippen molar-refractivity contribution >= 4 is 5.91 Å². The number of carbonyl (C=O) groups excluding carboxylic acids is 1. The zero-order valence-electron chi connectivity index (χ0n) is 12.5. The van der Waals surface area contributed by atoms with E-state index in [-0.39, 0.29) is 5.91 Å². The summed E-state index contributed by atoms with van der Waals surface area (Å²) in [6.45, 7) is 4.49. The van der Waals surface area contributed by atoms with Crippen LogP contribution >= 0.6 is 0 Å². The molecule has 0 aliphatic heterocycles. The van der Waals surface area contributed by atoms with Gasteiger partial charge in [-0.2, -0.15) is 0 Å². The minimum atomic E-state index is -0.462. The van der Waals surface area contributed by atoms with Crippen LogP contribution in [0.5, 0.6) is 5.75 Å². The summed E-state index contributed by atoms with van der Waals surface area (Å²) < 4.78 is 5.76. The van der Waals surface area contributed by atoms with Gasteiger partial charge in [0.05, 0.1) is 0 Å². The van der Waals surface area contributed by atoms with E-state index in [0.29, 0.717) is 13.0 Å². The van der Waals surface area contributed by atoms with E-state index in [1.165, 1.54) is 5.56 Å². The molecule has 0 aromatic heterocycles. The smallest absolute Gasteiger partial charge is 0.261 e. The Labute approximate surface area is 126 Å². The third kappa shape index (κ3) is 4.63. The second-order valence-corrected chi connectivity index (χ2v) is 5.03. The lowest BCUT2D eigenvalue weighted by molar-refractivity contribution is -0.128. The minimum Gasteiger partial charge on any atom is -0.481 e. The molecule has 2 aromatic carbocycles. The van der Waals surface area contributed by atoms with E-state index < -0.39 is 6.10 Å². The fourth-order valence-corrected chi connectivity index (χ4v) is 2.00. The maximum Gasteiger partial charge on any atom is 0.261 e. The first kappa shape index (κ1) is 15.1. The van der Waals surface area contributed by atoms with Gasteiger partial charge in [0.15, 0.2) is 6.10 Å². The predicted molar refractivity (Wildman–Crippen MR) is 84.2 cm³/mol. The van der Waals surface area contributed by atoms with Crippen molar-refractivity contribution < 1.29 is 9.53 Å². The van der Waals surface area contributed by atoms with Crippen LogP contribution in [-0.4, -0.2) is 12.0 Å². The van der Waals surface area contributed by atoms with Crippen LogP contribution in [0.1, 0.15) is 24.5 Å². The molecule has 110 valence electrons. The summed E-state index contributed by atoms with van der Waals surface area (Å²) in [7, 11) is 0. The zero-order valence-corrected chi connectivity index (χ0v) is 12.5. The van der Waals surface area contributed by atoms with E-state index in [0.717, 1.165) is 11.3 Å². The van der Waals surface area contributed by atoms with Crippen molar-refractivity contribution in [2.24, 2.45) is 0 Å². The molecule has 0 saturated heterocycles. The van der Waals surface area contributed by atoms with Crippen molar-refractivity contribution in [1.82, 2.24) is 5.32 Å². The number of carbonyl (C=O) groups is 1. The Hall–Kier alpha value is -2.29. The van der Waals surface area contributed by atoms with Crippen LogP contribution in [0.2, 0.25) is 0 Å². The third-order valence-electron chi connectivity index (χ3n) is 3.27. The van der Waals surface area contributed by atoms with Gasteiger partial charge in [0.25, 0.3) is 5.91 Å². The van der Waals surface area contributed by atoms with Crippen molar-refractivity contribution in [2.45, 2.75) is 32.9 Å². The van der Waals surface area contributed by atoms with Crippen LogP contribution in [0, 0.1) is 6.92 Å². The maximum atomic E-state index is 12.2. The Bertz CT molecular complexity index is 564. The highest BCUT2D eigenvalue weighted by Gasteiger charge is 2.17. The summed E-state index contributed by atoms with van der Waals surface area (Å²) >= 11 is 0. The average molecular weight is 283 g/mol. The fraction of sp³-hybridized carbons (Fsp3) is 0.278. The highest BCUT2D eigenvalue weighted by atomic mass is 16.5.